The van der Waals surface area contributed by atoms with Crippen molar-refractivity contribution < 1.29 is 14.3 Å². The Morgan fingerprint density at radius 3 is 2.36 bits per heavy atom. The molecular weight excluding hydrogens is 426 g/mol. The van der Waals surface area contributed by atoms with Crippen LogP contribution in [0.1, 0.15) is 23.0 Å². The largest absolute Gasteiger partial charge is 0.449 e. The summed E-state index contributed by atoms with van der Waals surface area (Å²) < 4.78 is 9.83. The number of tetrazole rings is 1. The fourth-order valence-electron chi connectivity index (χ4n) is 3.25. The summed E-state index contributed by atoms with van der Waals surface area (Å²) in [6.45, 7) is 3.16. The van der Waals surface area contributed by atoms with Crippen LogP contribution in [0.5, 0.6) is 0 Å². The monoisotopic (exact) mass is 447 g/mol. The summed E-state index contributed by atoms with van der Waals surface area (Å²) in [5, 5.41) is 13.5. The molecule has 2 aromatic carbocycles. The van der Waals surface area contributed by atoms with Crippen LogP contribution >= 0.6 is 0 Å². The van der Waals surface area contributed by atoms with E-state index in [0.717, 1.165) is 0 Å². The smallest absolute Gasteiger partial charge is 0.338 e. The Hall–Kier alpha value is -4.54. The molecule has 0 saturated carbocycles. The molecule has 0 aliphatic rings. The molecule has 0 saturated heterocycles. The van der Waals surface area contributed by atoms with E-state index in [1.165, 1.54) is 22.6 Å². The molecule has 0 radical (unpaired) electrons. The molecule has 2 heterocycles. The number of benzene rings is 2. The number of ether oxygens (including phenoxy) is 1. The standard InChI is InChI=1S/C22H21N7O4/c1-14-19(21(31)29(27(14)3)18-7-5-4-6-8-18)24-20(30)15(2)33-22(32)16-9-11-17(12-10-16)28-13-23-25-26-28/h4-13,15H,1-3H3,(H,24,30)/t15-/m1/s1. The third-order valence-electron chi connectivity index (χ3n) is 5.17. The van der Waals surface area contributed by atoms with Crippen LogP contribution < -0.4 is 10.9 Å². The zero-order valence-electron chi connectivity index (χ0n) is 18.2. The van der Waals surface area contributed by atoms with E-state index in [4.69, 9.17) is 4.74 Å². The van der Waals surface area contributed by atoms with Gasteiger partial charge in [0.2, 0.25) is 0 Å². The summed E-state index contributed by atoms with van der Waals surface area (Å²) in [6.07, 6.45) is 0.303. The van der Waals surface area contributed by atoms with Crippen molar-refractivity contribution in [1.82, 2.24) is 29.6 Å². The van der Waals surface area contributed by atoms with Crippen LogP contribution in [0.15, 0.2) is 65.7 Å². The maximum absolute atomic E-state index is 12.9. The van der Waals surface area contributed by atoms with Crippen LogP contribution in [-0.2, 0) is 16.6 Å². The van der Waals surface area contributed by atoms with Crippen LogP contribution in [-0.4, -0.2) is 47.6 Å². The molecule has 4 rings (SSSR count). The van der Waals surface area contributed by atoms with Gasteiger partial charge in [-0.2, -0.15) is 0 Å². The number of aromatic nitrogens is 6. The SMILES string of the molecule is Cc1c(NC(=O)[C@@H](C)OC(=O)c2ccc(-n3cnnn3)cc2)c(=O)n(-c2ccccc2)n1C. The number of esters is 1. The van der Waals surface area contributed by atoms with Gasteiger partial charge in [0.05, 0.1) is 22.6 Å². The number of rotatable bonds is 6. The molecule has 168 valence electrons. The van der Waals surface area contributed by atoms with Crippen molar-refractivity contribution in [3.05, 3.63) is 82.5 Å². The molecule has 0 unspecified atom stereocenters. The van der Waals surface area contributed by atoms with Gasteiger partial charge >= 0.3 is 5.97 Å². The van der Waals surface area contributed by atoms with Crippen molar-refractivity contribution in [2.24, 2.45) is 7.05 Å². The Kier molecular flexibility index (Phi) is 5.85. The van der Waals surface area contributed by atoms with E-state index in [0.29, 0.717) is 17.1 Å². The van der Waals surface area contributed by atoms with Gasteiger partial charge in [-0.1, -0.05) is 18.2 Å². The van der Waals surface area contributed by atoms with Crippen LogP contribution in [0, 0.1) is 6.92 Å². The third-order valence-corrected chi connectivity index (χ3v) is 5.17. The minimum Gasteiger partial charge on any atom is -0.449 e. The Bertz CT molecular complexity index is 1340. The fourth-order valence-corrected chi connectivity index (χ4v) is 3.25. The second-order valence-electron chi connectivity index (χ2n) is 7.27. The van der Waals surface area contributed by atoms with Crippen molar-refractivity contribution in [2.45, 2.75) is 20.0 Å². The minimum absolute atomic E-state index is 0.125. The van der Waals surface area contributed by atoms with E-state index in [9.17, 15) is 14.4 Å². The van der Waals surface area contributed by atoms with E-state index in [1.807, 2.05) is 18.2 Å². The highest BCUT2D eigenvalue weighted by atomic mass is 16.5. The van der Waals surface area contributed by atoms with Crippen LogP contribution in [0.3, 0.4) is 0 Å². The average molecular weight is 447 g/mol. The molecule has 0 fully saturated rings. The molecule has 0 aliphatic heterocycles. The number of nitrogens with one attached hydrogen (secondary N) is 1. The predicted molar refractivity (Wildman–Crippen MR) is 118 cm³/mol. The third kappa shape index (κ3) is 4.28. The van der Waals surface area contributed by atoms with E-state index >= 15 is 0 Å². The lowest BCUT2D eigenvalue weighted by atomic mass is 10.2. The van der Waals surface area contributed by atoms with E-state index in [-0.39, 0.29) is 16.8 Å². The van der Waals surface area contributed by atoms with E-state index < -0.39 is 18.0 Å². The summed E-state index contributed by atoms with van der Waals surface area (Å²) in [5.74, 6) is -1.29. The molecule has 0 aliphatic carbocycles. The molecule has 1 atom stereocenters. The average Bonchev–Trinajstić information content (AvgIpc) is 3.43. The van der Waals surface area contributed by atoms with Crippen molar-refractivity contribution in [3.8, 4) is 11.4 Å². The van der Waals surface area contributed by atoms with Crippen molar-refractivity contribution in [1.29, 1.82) is 0 Å². The van der Waals surface area contributed by atoms with Crippen molar-refractivity contribution in [2.75, 3.05) is 5.32 Å². The van der Waals surface area contributed by atoms with Gasteiger partial charge in [-0.3, -0.25) is 14.3 Å². The number of amides is 1. The first-order valence-electron chi connectivity index (χ1n) is 10.1. The zero-order chi connectivity index (χ0) is 23.5. The lowest BCUT2D eigenvalue weighted by Crippen LogP contribution is -2.32. The number of para-hydroxylation sites is 1. The maximum atomic E-state index is 12.9. The molecule has 33 heavy (non-hydrogen) atoms. The summed E-state index contributed by atoms with van der Waals surface area (Å²) in [6, 6.07) is 15.5. The van der Waals surface area contributed by atoms with Gasteiger partial charge in [-0.05, 0) is 60.7 Å². The highest BCUT2D eigenvalue weighted by Gasteiger charge is 2.23. The first kappa shape index (κ1) is 21.7. The number of anilines is 1. The highest BCUT2D eigenvalue weighted by molar-refractivity contribution is 5.97. The van der Waals surface area contributed by atoms with Crippen molar-refractivity contribution in [3.63, 3.8) is 0 Å². The number of carbonyl (C=O) groups is 2. The van der Waals surface area contributed by atoms with Gasteiger partial charge in [-0.25, -0.2) is 14.2 Å². The van der Waals surface area contributed by atoms with Crippen molar-refractivity contribution >= 4 is 17.6 Å². The molecule has 11 heteroatoms. The zero-order valence-corrected chi connectivity index (χ0v) is 18.2. The summed E-state index contributed by atoms with van der Waals surface area (Å²) >= 11 is 0. The summed E-state index contributed by atoms with van der Waals surface area (Å²) in [7, 11) is 1.72. The number of carbonyl (C=O) groups excluding carboxylic acids is 2. The molecule has 2 aromatic heterocycles. The van der Waals surface area contributed by atoms with E-state index in [1.54, 1.807) is 55.1 Å². The molecular formula is C22H21N7O4. The molecule has 1 amide bonds. The molecule has 1 N–H and O–H groups in total. The second kappa shape index (κ2) is 8.91. The Morgan fingerprint density at radius 1 is 1.03 bits per heavy atom. The normalized spacial score (nSPS) is 11.7. The van der Waals surface area contributed by atoms with Crippen LogP contribution in [0.4, 0.5) is 5.69 Å². The fraction of sp³-hybridized carbons (Fsp3) is 0.182. The first-order chi connectivity index (χ1) is 15.9. The Labute approximate surface area is 188 Å². The van der Waals surface area contributed by atoms with Gasteiger partial charge in [-0.15, -0.1) is 5.10 Å². The lowest BCUT2D eigenvalue weighted by Gasteiger charge is -2.13. The maximum Gasteiger partial charge on any atom is 0.338 e. The number of hydrogen-bond acceptors (Lipinski definition) is 7. The number of hydrogen-bond donors (Lipinski definition) is 1. The predicted octanol–water partition coefficient (Wildman–Crippen LogP) is 1.64. The summed E-state index contributed by atoms with van der Waals surface area (Å²) in [5.41, 5.74) is 1.89. The Morgan fingerprint density at radius 2 is 1.73 bits per heavy atom. The molecule has 11 nitrogen and oxygen atoms in total. The molecule has 0 bridgehead atoms. The lowest BCUT2D eigenvalue weighted by molar-refractivity contribution is -0.123. The van der Waals surface area contributed by atoms with Gasteiger partial charge in [0, 0.05) is 7.05 Å². The number of nitrogens with zero attached hydrogens (tertiary/aromatic N) is 6. The van der Waals surface area contributed by atoms with Crippen LogP contribution in [0.2, 0.25) is 0 Å². The quantitative estimate of drug-likeness (QED) is 0.445. The summed E-state index contributed by atoms with van der Waals surface area (Å²) in [4.78, 5) is 38.1. The van der Waals surface area contributed by atoms with E-state index in [2.05, 4.69) is 20.8 Å². The first-order valence-corrected chi connectivity index (χ1v) is 10.1. The van der Waals surface area contributed by atoms with Gasteiger partial charge < -0.3 is 10.1 Å². The van der Waals surface area contributed by atoms with Crippen LogP contribution in [0.25, 0.3) is 11.4 Å². The van der Waals surface area contributed by atoms with Gasteiger partial charge in [0.15, 0.2) is 6.10 Å². The topological polar surface area (TPSA) is 126 Å². The van der Waals surface area contributed by atoms with Gasteiger partial charge in [0.1, 0.15) is 12.0 Å². The van der Waals surface area contributed by atoms with Gasteiger partial charge in [0.25, 0.3) is 11.5 Å². The minimum atomic E-state index is -1.12. The molecule has 4 aromatic rings. The molecule has 0 spiro atoms. The highest BCUT2D eigenvalue weighted by Crippen LogP contribution is 2.15. The Balaban J connectivity index is 1.46. The second-order valence-corrected chi connectivity index (χ2v) is 7.27.